The summed E-state index contributed by atoms with van der Waals surface area (Å²) >= 11 is 1.39. The van der Waals surface area contributed by atoms with Crippen molar-refractivity contribution in [1.29, 1.82) is 0 Å². The Balaban J connectivity index is 1.59. The van der Waals surface area contributed by atoms with Gasteiger partial charge in [-0.05, 0) is 51.0 Å². The SMILES string of the molecule is CCOC(=O)C1CCN(C(=O)[C@H](C)Sc2nnc(-c3ccc(OC)cc3)n2C)CC1. The predicted octanol–water partition coefficient (Wildman–Crippen LogP) is 2.77. The van der Waals surface area contributed by atoms with Crippen LogP contribution in [0.3, 0.4) is 0 Å². The average Bonchev–Trinajstić information content (AvgIpc) is 3.13. The van der Waals surface area contributed by atoms with Crippen molar-refractivity contribution in [1.82, 2.24) is 19.7 Å². The summed E-state index contributed by atoms with van der Waals surface area (Å²) in [5.41, 5.74) is 0.928. The number of methoxy groups -OCH3 is 1. The number of carbonyl (C=O) groups excluding carboxylic acids is 2. The molecular formula is C21H28N4O4S. The van der Waals surface area contributed by atoms with Crippen LogP contribution in [0.1, 0.15) is 26.7 Å². The summed E-state index contributed by atoms with van der Waals surface area (Å²) in [4.78, 5) is 26.6. The van der Waals surface area contributed by atoms with Crippen LogP contribution in [-0.2, 0) is 21.4 Å². The molecule has 1 aromatic carbocycles. The summed E-state index contributed by atoms with van der Waals surface area (Å²) in [6, 6.07) is 7.62. The molecule has 8 nitrogen and oxygen atoms in total. The number of hydrogen-bond donors (Lipinski definition) is 0. The van der Waals surface area contributed by atoms with Crippen molar-refractivity contribution < 1.29 is 19.1 Å². The van der Waals surface area contributed by atoms with E-state index in [0.717, 1.165) is 17.1 Å². The van der Waals surface area contributed by atoms with E-state index >= 15 is 0 Å². The van der Waals surface area contributed by atoms with E-state index in [9.17, 15) is 9.59 Å². The highest BCUT2D eigenvalue weighted by molar-refractivity contribution is 8.00. The number of thioether (sulfide) groups is 1. The molecule has 1 aromatic heterocycles. The summed E-state index contributed by atoms with van der Waals surface area (Å²) < 4.78 is 12.2. The Morgan fingerprint density at radius 2 is 1.87 bits per heavy atom. The summed E-state index contributed by atoms with van der Waals surface area (Å²) in [7, 11) is 3.52. The zero-order valence-electron chi connectivity index (χ0n) is 17.8. The number of aromatic nitrogens is 3. The summed E-state index contributed by atoms with van der Waals surface area (Å²) in [5.74, 6) is 1.30. The van der Waals surface area contributed by atoms with Gasteiger partial charge in [-0.15, -0.1) is 10.2 Å². The van der Waals surface area contributed by atoms with Gasteiger partial charge < -0.3 is 18.9 Å². The Bertz CT molecular complexity index is 876. The average molecular weight is 433 g/mol. The molecule has 2 heterocycles. The molecule has 1 saturated heterocycles. The van der Waals surface area contributed by atoms with Crippen LogP contribution in [0.4, 0.5) is 0 Å². The third kappa shape index (κ3) is 4.95. The van der Waals surface area contributed by atoms with E-state index in [2.05, 4.69) is 10.2 Å². The topological polar surface area (TPSA) is 86.6 Å². The smallest absolute Gasteiger partial charge is 0.309 e. The van der Waals surface area contributed by atoms with Gasteiger partial charge in [0.2, 0.25) is 5.91 Å². The van der Waals surface area contributed by atoms with Gasteiger partial charge in [-0.25, -0.2) is 0 Å². The Hall–Kier alpha value is -2.55. The second kappa shape index (κ2) is 9.97. The van der Waals surface area contributed by atoms with Gasteiger partial charge in [0, 0.05) is 25.7 Å². The first-order valence-electron chi connectivity index (χ1n) is 10.1. The molecule has 0 bridgehead atoms. The van der Waals surface area contributed by atoms with E-state index in [1.165, 1.54) is 11.8 Å². The predicted molar refractivity (Wildman–Crippen MR) is 114 cm³/mol. The molecule has 162 valence electrons. The quantitative estimate of drug-likeness (QED) is 0.491. The van der Waals surface area contributed by atoms with E-state index in [1.807, 2.05) is 54.6 Å². The highest BCUT2D eigenvalue weighted by atomic mass is 32.2. The summed E-state index contributed by atoms with van der Waals surface area (Å²) in [6.07, 6.45) is 1.29. The number of ether oxygens (including phenoxy) is 2. The lowest BCUT2D eigenvalue weighted by atomic mass is 9.97. The van der Waals surface area contributed by atoms with Crippen LogP contribution in [0.15, 0.2) is 29.4 Å². The van der Waals surface area contributed by atoms with Gasteiger partial charge in [0.25, 0.3) is 0 Å². The van der Waals surface area contributed by atoms with Crippen LogP contribution >= 0.6 is 11.8 Å². The lowest BCUT2D eigenvalue weighted by Crippen LogP contribution is -2.43. The van der Waals surface area contributed by atoms with Gasteiger partial charge in [-0.3, -0.25) is 9.59 Å². The van der Waals surface area contributed by atoms with E-state index in [4.69, 9.17) is 9.47 Å². The third-order valence-corrected chi connectivity index (χ3v) is 6.36. The lowest BCUT2D eigenvalue weighted by molar-refractivity contribution is -0.151. The van der Waals surface area contributed by atoms with E-state index in [0.29, 0.717) is 37.7 Å². The zero-order valence-corrected chi connectivity index (χ0v) is 18.6. The molecule has 0 radical (unpaired) electrons. The zero-order chi connectivity index (χ0) is 21.7. The van der Waals surface area contributed by atoms with E-state index in [-0.39, 0.29) is 23.0 Å². The van der Waals surface area contributed by atoms with Crippen molar-refractivity contribution in [2.24, 2.45) is 13.0 Å². The van der Waals surface area contributed by atoms with Gasteiger partial charge >= 0.3 is 5.97 Å². The fourth-order valence-corrected chi connectivity index (χ4v) is 4.37. The fourth-order valence-electron chi connectivity index (χ4n) is 3.47. The first-order valence-corrected chi connectivity index (χ1v) is 11.0. The molecule has 1 amide bonds. The van der Waals surface area contributed by atoms with Gasteiger partial charge in [0.15, 0.2) is 11.0 Å². The molecule has 2 aromatic rings. The van der Waals surface area contributed by atoms with Crippen LogP contribution in [0.5, 0.6) is 5.75 Å². The Morgan fingerprint density at radius 3 is 2.47 bits per heavy atom. The molecule has 30 heavy (non-hydrogen) atoms. The van der Waals surface area contributed by atoms with Crippen LogP contribution in [0, 0.1) is 5.92 Å². The van der Waals surface area contributed by atoms with Crippen LogP contribution < -0.4 is 4.74 Å². The maximum Gasteiger partial charge on any atom is 0.309 e. The molecule has 3 rings (SSSR count). The van der Waals surface area contributed by atoms with Gasteiger partial charge in [-0.2, -0.15) is 0 Å². The Kier molecular flexibility index (Phi) is 7.36. The number of amides is 1. The van der Waals surface area contributed by atoms with Gasteiger partial charge in [0.05, 0.1) is 24.9 Å². The number of benzene rings is 1. The third-order valence-electron chi connectivity index (χ3n) is 5.24. The second-order valence-corrected chi connectivity index (χ2v) is 8.51. The number of carbonyl (C=O) groups is 2. The number of esters is 1. The van der Waals surface area contributed by atoms with Crippen LogP contribution in [-0.4, -0.2) is 63.6 Å². The Labute approximate surface area is 180 Å². The Morgan fingerprint density at radius 1 is 1.20 bits per heavy atom. The van der Waals surface area contributed by atoms with Crippen molar-refractivity contribution in [2.75, 3.05) is 26.8 Å². The minimum absolute atomic E-state index is 0.0521. The highest BCUT2D eigenvalue weighted by Gasteiger charge is 2.31. The fraction of sp³-hybridized carbons (Fsp3) is 0.524. The second-order valence-electron chi connectivity index (χ2n) is 7.21. The molecule has 0 saturated carbocycles. The van der Waals surface area contributed by atoms with Crippen molar-refractivity contribution in [3.8, 4) is 17.1 Å². The number of rotatable bonds is 7. The number of piperidine rings is 1. The van der Waals surface area contributed by atoms with Crippen LogP contribution in [0.2, 0.25) is 0 Å². The lowest BCUT2D eigenvalue weighted by Gasteiger charge is -2.32. The van der Waals surface area contributed by atoms with Gasteiger partial charge in [-0.1, -0.05) is 11.8 Å². The number of hydrogen-bond acceptors (Lipinski definition) is 7. The standard InChI is InChI=1S/C21H28N4O4S/c1-5-29-20(27)16-10-12-25(13-11-16)19(26)14(2)30-21-23-22-18(24(21)3)15-6-8-17(28-4)9-7-15/h6-9,14,16H,5,10-13H2,1-4H3/t14-/m0/s1. The maximum absolute atomic E-state index is 12.9. The summed E-state index contributed by atoms with van der Waals surface area (Å²) in [5, 5.41) is 8.95. The molecule has 0 aliphatic carbocycles. The molecule has 1 aliphatic rings. The van der Waals surface area contributed by atoms with E-state index in [1.54, 1.807) is 7.11 Å². The minimum Gasteiger partial charge on any atom is -0.497 e. The van der Waals surface area contributed by atoms with Crippen molar-refractivity contribution in [3.63, 3.8) is 0 Å². The normalized spacial score (nSPS) is 15.7. The first-order chi connectivity index (χ1) is 14.4. The molecule has 0 unspecified atom stereocenters. The maximum atomic E-state index is 12.9. The summed E-state index contributed by atoms with van der Waals surface area (Å²) in [6.45, 7) is 5.22. The first kappa shape index (κ1) is 22.1. The molecule has 0 N–H and O–H groups in total. The number of nitrogens with zero attached hydrogens (tertiary/aromatic N) is 4. The molecule has 1 fully saturated rings. The van der Waals surface area contributed by atoms with Crippen molar-refractivity contribution in [2.45, 2.75) is 37.1 Å². The number of likely N-dealkylation sites (tertiary alicyclic amines) is 1. The molecule has 1 atom stereocenters. The molecule has 1 aliphatic heterocycles. The van der Waals surface area contributed by atoms with Gasteiger partial charge in [0.1, 0.15) is 5.75 Å². The van der Waals surface area contributed by atoms with Crippen molar-refractivity contribution in [3.05, 3.63) is 24.3 Å². The largest absolute Gasteiger partial charge is 0.497 e. The molecule has 0 spiro atoms. The molecule has 9 heteroatoms. The van der Waals surface area contributed by atoms with E-state index < -0.39 is 0 Å². The molecular weight excluding hydrogens is 404 g/mol. The minimum atomic E-state index is -0.296. The van der Waals surface area contributed by atoms with Crippen LogP contribution in [0.25, 0.3) is 11.4 Å². The monoisotopic (exact) mass is 432 g/mol. The van der Waals surface area contributed by atoms with Crippen molar-refractivity contribution >= 4 is 23.6 Å². The highest BCUT2D eigenvalue weighted by Crippen LogP contribution is 2.28.